The summed E-state index contributed by atoms with van der Waals surface area (Å²) in [5.41, 5.74) is 3.00. The predicted octanol–water partition coefficient (Wildman–Crippen LogP) is 2.96. The Labute approximate surface area is 82.4 Å². The molecule has 1 aromatic rings. The van der Waals surface area contributed by atoms with Crippen molar-refractivity contribution in [1.29, 1.82) is 0 Å². The second kappa shape index (κ2) is 3.40. The maximum atomic E-state index is 2.82. The van der Waals surface area contributed by atoms with Crippen molar-refractivity contribution in [3.05, 3.63) is 35.4 Å². The van der Waals surface area contributed by atoms with Gasteiger partial charge in [-0.2, -0.15) is 0 Å². The fourth-order valence-electron chi connectivity index (χ4n) is 2.09. The van der Waals surface area contributed by atoms with Crippen LogP contribution in [0.3, 0.4) is 0 Å². The lowest BCUT2D eigenvalue weighted by Crippen LogP contribution is -2.28. The third kappa shape index (κ3) is 1.51. The van der Waals surface area contributed by atoms with Gasteiger partial charge in [0.15, 0.2) is 0 Å². The third-order valence-corrected chi connectivity index (χ3v) is 3.62. The van der Waals surface area contributed by atoms with E-state index >= 15 is 0 Å². The molecule has 1 nitrogen and oxygen atoms in total. The van der Waals surface area contributed by atoms with Crippen molar-refractivity contribution in [3.63, 3.8) is 0 Å². The summed E-state index contributed by atoms with van der Waals surface area (Å²) in [5, 5.41) is 0. The van der Waals surface area contributed by atoms with E-state index in [0.717, 1.165) is 6.54 Å². The van der Waals surface area contributed by atoms with Gasteiger partial charge >= 0.3 is 0 Å². The van der Waals surface area contributed by atoms with Crippen LogP contribution >= 0.6 is 9.39 Å². The molecular formula is C11H16NP. The number of nitrogens with zero attached hydrogens (tertiary/aromatic N) is 1. The van der Waals surface area contributed by atoms with Crippen LogP contribution in [0.15, 0.2) is 24.3 Å². The highest BCUT2D eigenvalue weighted by molar-refractivity contribution is 7.13. The summed E-state index contributed by atoms with van der Waals surface area (Å²) in [5.74, 6) is 0.657. The Balaban J connectivity index is 2.47. The van der Waals surface area contributed by atoms with Crippen molar-refractivity contribution in [3.8, 4) is 0 Å². The molecule has 0 spiro atoms. The van der Waals surface area contributed by atoms with Gasteiger partial charge in [-0.25, -0.2) is 0 Å². The van der Waals surface area contributed by atoms with E-state index in [-0.39, 0.29) is 0 Å². The highest BCUT2D eigenvalue weighted by Gasteiger charge is 2.24. The van der Waals surface area contributed by atoms with E-state index in [1.54, 1.807) is 0 Å². The minimum atomic E-state index is 0.539. The highest BCUT2D eigenvalue weighted by atomic mass is 31.0. The minimum Gasteiger partial charge on any atom is -0.280 e. The number of fused-ring (bicyclic) bond motifs is 1. The Hall–Kier alpha value is -0.390. The molecule has 2 heteroatoms. The number of benzene rings is 1. The molecule has 0 aromatic heterocycles. The van der Waals surface area contributed by atoms with Crippen molar-refractivity contribution in [2.75, 3.05) is 6.54 Å². The van der Waals surface area contributed by atoms with Gasteiger partial charge in [-0.05, 0) is 24.0 Å². The van der Waals surface area contributed by atoms with Gasteiger partial charge in [-0.1, -0.05) is 40.6 Å². The first-order valence-corrected chi connectivity index (χ1v) is 5.32. The Bertz CT molecular complexity index is 311. The van der Waals surface area contributed by atoms with Crippen LogP contribution in [0.1, 0.15) is 36.9 Å². The lowest BCUT2D eigenvalue weighted by atomic mass is 9.88. The zero-order valence-electron chi connectivity index (χ0n) is 8.20. The molecule has 1 heterocycles. The topological polar surface area (TPSA) is 3.24 Å². The average Bonchev–Trinajstić information content (AvgIpc) is 2.15. The quantitative estimate of drug-likeness (QED) is 0.572. The van der Waals surface area contributed by atoms with Crippen molar-refractivity contribution in [2.45, 2.75) is 25.8 Å². The molecule has 3 unspecified atom stereocenters. The van der Waals surface area contributed by atoms with Gasteiger partial charge in [0.05, 0.1) is 0 Å². The lowest BCUT2D eigenvalue weighted by molar-refractivity contribution is 0.334. The summed E-state index contributed by atoms with van der Waals surface area (Å²) in [6, 6.07) is 9.31. The summed E-state index contributed by atoms with van der Waals surface area (Å²) in [6.45, 7) is 5.70. The van der Waals surface area contributed by atoms with E-state index in [1.807, 2.05) is 0 Å². The molecule has 3 atom stereocenters. The normalized spacial score (nSPS) is 28.5. The molecule has 13 heavy (non-hydrogen) atoms. The molecule has 0 N–H and O–H groups in total. The molecule has 0 aliphatic carbocycles. The molecule has 0 amide bonds. The van der Waals surface area contributed by atoms with E-state index in [0.29, 0.717) is 12.0 Å². The van der Waals surface area contributed by atoms with Crippen molar-refractivity contribution < 1.29 is 0 Å². The van der Waals surface area contributed by atoms with E-state index < -0.39 is 0 Å². The molecule has 1 aliphatic rings. The maximum Gasteiger partial charge on any atom is 0.0354 e. The fraction of sp³-hybridized carbons (Fsp3) is 0.455. The first-order valence-electron chi connectivity index (χ1n) is 4.80. The molecule has 0 saturated carbocycles. The second-order valence-electron chi connectivity index (χ2n) is 3.90. The standard InChI is InChI=1S/C11H16NP/c1-8-7-12(13)9(2)11-6-4-3-5-10(8)11/h3-6,8-9H,7,13H2,1-2H3. The van der Waals surface area contributed by atoms with Crippen LogP contribution in [0, 0.1) is 0 Å². The van der Waals surface area contributed by atoms with Crippen LogP contribution in [0.5, 0.6) is 0 Å². The van der Waals surface area contributed by atoms with Crippen LogP contribution in [0.4, 0.5) is 0 Å². The van der Waals surface area contributed by atoms with Gasteiger partial charge in [-0.3, -0.25) is 4.67 Å². The average molecular weight is 193 g/mol. The number of hydrogen-bond donors (Lipinski definition) is 0. The summed E-state index contributed by atoms with van der Waals surface area (Å²) in [6.07, 6.45) is 0. The molecular weight excluding hydrogens is 177 g/mol. The Morgan fingerprint density at radius 1 is 1.23 bits per heavy atom. The van der Waals surface area contributed by atoms with Crippen LogP contribution in [0.25, 0.3) is 0 Å². The van der Waals surface area contributed by atoms with Crippen LogP contribution < -0.4 is 0 Å². The van der Waals surface area contributed by atoms with Crippen molar-refractivity contribution >= 4 is 9.39 Å². The summed E-state index contributed by atoms with van der Waals surface area (Å²) in [7, 11) is 2.82. The summed E-state index contributed by atoms with van der Waals surface area (Å²) < 4.78 is 2.34. The zero-order chi connectivity index (χ0) is 9.42. The van der Waals surface area contributed by atoms with Crippen LogP contribution in [-0.2, 0) is 0 Å². The summed E-state index contributed by atoms with van der Waals surface area (Å²) in [4.78, 5) is 0. The zero-order valence-corrected chi connectivity index (χ0v) is 9.35. The van der Waals surface area contributed by atoms with Gasteiger partial charge in [0, 0.05) is 12.6 Å². The third-order valence-electron chi connectivity index (χ3n) is 2.96. The van der Waals surface area contributed by atoms with E-state index in [2.05, 4.69) is 52.2 Å². The highest BCUT2D eigenvalue weighted by Crippen LogP contribution is 2.36. The van der Waals surface area contributed by atoms with E-state index in [9.17, 15) is 0 Å². The molecule has 1 aliphatic heterocycles. The van der Waals surface area contributed by atoms with E-state index in [1.165, 1.54) is 11.1 Å². The van der Waals surface area contributed by atoms with Gasteiger partial charge < -0.3 is 0 Å². The number of hydrogen-bond acceptors (Lipinski definition) is 1. The first kappa shape index (κ1) is 9.18. The molecule has 0 bridgehead atoms. The largest absolute Gasteiger partial charge is 0.280 e. The van der Waals surface area contributed by atoms with Gasteiger partial charge in [0.2, 0.25) is 0 Å². The smallest absolute Gasteiger partial charge is 0.0354 e. The Morgan fingerprint density at radius 3 is 2.54 bits per heavy atom. The maximum absolute atomic E-state index is 2.82. The molecule has 0 fully saturated rings. The van der Waals surface area contributed by atoms with Crippen LogP contribution in [-0.4, -0.2) is 11.2 Å². The fourth-order valence-corrected chi connectivity index (χ4v) is 2.57. The molecule has 2 rings (SSSR count). The summed E-state index contributed by atoms with van der Waals surface area (Å²) >= 11 is 0. The molecule has 0 radical (unpaired) electrons. The van der Waals surface area contributed by atoms with Gasteiger partial charge in [0.25, 0.3) is 0 Å². The van der Waals surface area contributed by atoms with E-state index in [4.69, 9.17) is 0 Å². The van der Waals surface area contributed by atoms with Gasteiger partial charge in [-0.15, -0.1) is 0 Å². The minimum absolute atomic E-state index is 0.539. The Kier molecular flexibility index (Phi) is 2.40. The molecule has 70 valence electrons. The molecule has 1 aromatic carbocycles. The van der Waals surface area contributed by atoms with Crippen molar-refractivity contribution in [1.82, 2.24) is 4.67 Å². The van der Waals surface area contributed by atoms with Crippen LogP contribution in [0.2, 0.25) is 0 Å². The van der Waals surface area contributed by atoms with Gasteiger partial charge in [0.1, 0.15) is 0 Å². The second-order valence-corrected chi connectivity index (χ2v) is 4.57. The lowest BCUT2D eigenvalue weighted by Gasteiger charge is -2.35. The van der Waals surface area contributed by atoms with Crippen molar-refractivity contribution in [2.24, 2.45) is 0 Å². The first-order chi connectivity index (χ1) is 6.20. The SMILES string of the molecule is CC1CN(P)C(C)c2ccccc21. The number of rotatable bonds is 0. The predicted molar refractivity (Wildman–Crippen MR) is 59.7 cm³/mol. The Morgan fingerprint density at radius 2 is 1.85 bits per heavy atom. The monoisotopic (exact) mass is 193 g/mol. The molecule has 0 saturated heterocycles.